The number of rotatable bonds is 6. The van der Waals surface area contributed by atoms with E-state index in [2.05, 4.69) is 41.4 Å². The topological polar surface area (TPSA) is 48.6 Å². The SMILES string of the molecule is Cc1ccoc1CNCC1CC(O)CN1Cc1ccccc1. The molecule has 22 heavy (non-hydrogen) atoms. The van der Waals surface area contributed by atoms with Gasteiger partial charge >= 0.3 is 0 Å². The molecule has 1 aliphatic rings. The van der Waals surface area contributed by atoms with Gasteiger partial charge < -0.3 is 14.8 Å². The fraction of sp³-hybridized carbons (Fsp3) is 0.444. The molecular weight excluding hydrogens is 276 g/mol. The first-order chi connectivity index (χ1) is 10.7. The van der Waals surface area contributed by atoms with Crippen LogP contribution in [0, 0.1) is 6.92 Å². The molecule has 0 bridgehead atoms. The summed E-state index contributed by atoms with van der Waals surface area (Å²) >= 11 is 0. The Balaban J connectivity index is 1.53. The molecule has 2 unspecified atom stereocenters. The monoisotopic (exact) mass is 300 g/mol. The van der Waals surface area contributed by atoms with Gasteiger partial charge in [0, 0.05) is 25.7 Å². The average Bonchev–Trinajstić information content (AvgIpc) is 3.07. The van der Waals surface area contributed by atoms with Crippen LogP contribution < -0.4 is 5.32 Å². The van der Waals surface area contributed by atoms with Crippen LogP contribution in [0.25, 0.3) is 0 Å². The van der Waals surface area contributed by atoms with E-state index in [9.17, 15) is 5.11 Å². The summed E-state index contributed by atoms with van der Waals surface area (Å²) in [6, 6.07) is 12.8. The summed E-state index contributed by atoms with van der Waals surface area (Å²) < 4.78 is 5.45. The van der Waals surface area contributed by atoms with Crippen molar-refractivity contribution in [3.05, 3.63) is 59.5 Å². The van der Waals surface area contributed by atoms with Crippen molar-refractivity contribution in [2.24, 2.45) is 0 Å². The molecule has 1 aliphatic heterocycles. The molecule has 4 nitrogen and oxygen atoms in total. The molecule has 0 radical (unpaired) electrons. The standard InChI is InChI=1S/C18H24N2O2/c1-14-7-8-22-18(14)11-19-10-16-9-17(21)13-20(16)12-15-5-3-2-4-6-15/h2-8,16-17,19,21H,9-13H2,1H3. The molecule has 3 rings (SSSR count). The molecule has 2 heterocycles. The third-order valence-corrected chi connectivity index (χ3v) is 4.37. The van der Waals surface area contributed by atoms with Crippen LogP contribution >= 0.6 is 0 Å². The van der Waals surface area contributed by atoms with E-state index in [1.165, 1.54) is 11.1 Å². The van der Waals surface area contributed by atoms with Gasteiger partial charge in [0.25, 0.3) is 0 Å². The minimum absolute atomic E-state index is 0.221. The summed E-state index contributed by atoms with van der Waals surface area (Å²) in [5.74, 6) is 0.994. The molecule has 1 fully saturated rings. The quantitative estimate of drug-likeness (QED) is 0.859. The third-order valence-electron chi connectivity index (χ3n) is 4.37. The number of likely N-dealkylation sites (tertiary alicyclic amines) is 1. The van der Waals surface area contributed by atoms with E-state index >= 15 is 0 Å². The number of aliphatic hydroxyl groups is 1. The maximum Gasteiger partial charge on any atom is 0.120 e. The highest BCUT2D eigenvalue weighted by atomic mass is 16.3. The zero-order valence-electron chi connectivity index (χ0n) is 13.0. The normalized spacial score (nSPS) is 22.3. The van der Waals surface area contributed by atoms with Gasteiger partial charge in [0.1, 0.15) is 5.76 Å². The van der Waals surface area contributed by atoms with Crippen molar-refractivity contribution in [2.45, 2.75) is 38.6 Å². The van der Waals surface area contributed by atoms with Crippen LogP contribution in [0.4, 0.5) is 0 Å². The van der Waals surface area contributed by atoms with Gasteiger partial charge in [0.15, 0.2) is 0 Å². The number of nitrogens with zero attached hydrogens (tertiary/aromatic N) is 1. The number of furan rings is 1. The Bertz CT molecular complexity index is 582. The van der Waals surface area contributed by atoms with E-state index in [-0.39, 0.29) is 6.10 Å². The smallest absolute Gasteiger partial charge is 0.120 e. The lowest BCUT2D eigenvalue weighted by Gasteiger charge is -2.24. The van der Waals surface area contributed by atoms with Crippen molar-refractivity contribution in [3.8, 4) is 0 Å². The Morgan fingerprint density at radius 3 is 2.82 bits per heavy atom. The van der Waals surface area contributed by atoms with Crippen LogP contribution in [0.2, 0.25) is 0 Å². The Hall–Kier alpha value is -1.62. The Kier molecular flexibility index (Phi) is 4.93. The maximum atomic E-state index is 9.99. The summed E-state index contributed by atoms with van der Waals surface area (Å²) in [6.07, 6.45) is 2.34. The van der Waals surface area contributed by atoms with Crippen LogP contribution in [0.3, 0.4) is 0 Å². The molecule has 1 aromatic heterocycles. The summed E-state index contributed by atoms with van der Waals surface area (Å²) in [5.41, 5.74) is 2.48. The van der Waals surface area contributed by atoms with Crippen molar-refractivity contribution in [3.63, 3.8) is 0 Å². The van der Waals surface area contributed by atoms with Crippen molar-refractivity contribution < 1.29 is 9.52 Å². The van der Waals surface area contributed by atoms with Gasteiger partial charge in [-0.3, -0.25) is 4.90 Å². The van der Waals surface area contributed by atoms with E-state index in [0.29, 0.717) is 6.04 Å². The lowest BCUT2D eigenvalue weighted by atomic mass is 10.1. The second kappa shape index (κ2) is 7.09. The maximum absolute atomic E-state index is 9.99. The minimum Gasteiger partial charge on any atom is -0.468 e. The number of aryl methyl sites for hydroxylation is 1. The van der Waals surface area contributed by atoms with E-state index in [1.807, 2.05) is 12.1 Å². The number of benzene rings is 1. The summed E-state index contributed by atoms with van der Waals surface area (Å²) in [6.45, 7) is 5.31. The van der Waals surface area contributed by atoms with E-state index in [0.717, 1.165) is 38.4 Å². The number of nitrogens with one attached hydrogen (secondary N) is 1. The fourth-order valence-electron chi connectivity index (χ4n) is 3.12. The first-order valence-corrected chi connectivity index (χ1v) is 7.92. The van der Waals surface area contributed by atoms with Crippen LogP contribution in [0.15, 0.2) is 47.1 Å². The molecule has 118 valence electrons. The highest BCUT2D eigenvalue weighted by Gasteiger charge is 2.30. The van der Waals surface area contributed by atoms with Crippen LogP contribution in [0.1, 0.15) is 23.3 Å². The Morgan fingerprint density at radius 2 is 2.09 bits per heavy atom. The van der Waals surface area contributed by atoms with Gasteiger partial charge in [0.05, 0.1) is 18.9 Å². The van der Waals surface area contributed by atoms with Crippen molar-refractivity contribution in [1.29, 1.82) is 0 Å². The summed E-state index contributed by atoms with van der Waals surface area (Å²) in [5, 5.41) is 13.4. The van der Waals surface area contributed by atoms with E-state index < -0.39 is 0 Å². The second-order valence-corrected chi connectivity index (χ2v) is 6.12. The summed E-state index contributed by atoms with van der Waals surface area (Å²) in [7, 11) is 0. The predicted molar refractivity (Wildman–Crippen MR) is 86.4 cm³/mol. The molecular formula is C18H24N2O2. The van der Waals surface area contributed by atoms with Gasteiger partial charge in [-0.2, -0.15) is 0 Å². The third kappa shape index (κ3) is 3.77. The van der Waals surface area contributed by atoms with Crippen molar-refractivity contribution in [1.82, 2.24) is 10.2 Å². The van der Waals surface area contributed by atoms with Gasteiger partial charge in [-0.05, 0) is 30.5 Å². The highest BCUT2D eigenvalue weighted by molar-refractivity contribution is 5.15. The molecule has 2 atom stereocenters. The Morgan fingerprint density at radius 1 is 1.27 bits per heavy atom. The van der Waals surface area contributed by atoms with Crippen LogP contribution in [0.5, 0.6) is 0 Å². The number of hydrogen-bond acceptors (Lipinski definition) is 4. The molecule has 0 amide bonds. The lowest BCUT2D eigenvalue weighted by molar-refractivity contribution is 0.172. The van der Waals surface area contributed by atoms with Gasteiger partial charge in [-0.15, -0.1) is 0 Å². The average molecular weight is 300 g/mol. The lowest BCUT2D eigenvalue weighted by Crippen LogP contribution is -2.37. The molecule has 0 saturated carbocycles. The molecule has 2 N–H and O–H groups in total. The van der Waals surface area contributed by atoms with Crippen LogP contribution in [-0.4, -0.2) is 35.2 Å². The molecule has 2 aromatic rings. The first kappa shape index (κ1) is 15.3. The van der Waals surface area contributed by atoms with Crippen LogP contribution in [-0.2, 0) is 13.1 Å². The fourth-order valence-corrected chi connectivity index (χ4v) is 3.12. The predicted octanol–water partition coefficient (Wildman–Crippen LogP) is 2.31. The minimum atomic E-state index is -0.221. The number of β-amino-alcohol motifs (C(OH)–C–C–N with tert-alkyl or cyclic N) is 1. The van der Waals surface area contributed by atoms with E-state index in [1.54, 1.807) is 6.26 Å². The van der Waals surface area contributed by atoms with Gasteiger partial charge in [-0.1, -0.05) is 30.3 Å². The largest absolute Gasteiger partial charge is 0.468 e. The molecule has 0 aliphatic carbocycles. The zero-order chi connectivity index (χ0) is 15.4. The molecule has 4 heteroatoms. The molecule has 1 aromatic carbocycles. The van der Waals surface area contributed by atoms with Gasteiger partial charge in [-0.25, -0.2) is 0 Å². The number of aliphatic hydroxyl groups excluding tert-OH is 1. The molecule has 1 saturated heterocycles. The first-order valence-electron chi connectivity index (χ1n) is 7.92. The second-order valence-electron chi connectivity index (χ2n) is 6.12. The van der Waals surface area contributed by atoms with Crippen molar-refractivity contribution >= 4 is 0 Å². The van der Waals surface area contributed by atoms with Crippen molar-refractivity contribution in [2.75, 3.05) is 13.1 Å². The number of hydrogen-bond donors (Lipinski definition) is 2. The summed E-state index contributed by atoms with van der Waals surface area (Å²) in [4.78, 5) is 2.36. The van der Waals surface area contributed by atoms with Gasteiger partial charge in [0.2, 0.25) is 0 Å². The molecule has 0 spiro atoms. The highest BCUT2D eigenvalue weighted by Crippen LogP contribution is 2.20. The van der Waals surface area contributed by atoms with E-state index in [4.69, 9.17) is 4.42 Å². The zero-order valence-corrected chi connectivity index (χ0v) is 13.0. The Labute approximate surface area is 131 Å².